The number of nitrogens with two attached hydrogens (primary N) is 1. The molecule has 86 valence electrons. The third kappa shape index (κ3) is 2.08. The van der Waals surface area contributed by atoms with Gasteiger partial charge in [-0.25, -0.2) is 0 Å². The normalized spacial score (nSPS) is 36.3. The van der Waals surface area contributed by atoms with Crippen LogP contribution in [0.3, 0.4) is 0 Å². The quantitative estimate of drug-likeness (QED) is 0.300. The Bertz CT molecular complexity index is 245. The molecule has 0 aromatic carbocycles. The molecule has 5 heteroatoms. The summed E-state index contributed by atoms with van der Waals surface area (Å²) in [6.45, 7) is 5.44. The maximum Gasteiger partial charge on any atom is 0.153 e. The van der Waals surface area contributed by atoms with E-state index in [-0.39, 0.29) is 0 Å². The van der Waals surface area contributed by atoms with Gasteiger partial charge in [0.15, 0.2) is 5.84 Å². The fourth-order valence-electron chi connectivity index (χ4n) is 2.80. The van der Waals surface area contributed by atoms with Crippen molar-refractivity contribution in [1.29, 1.82) is 0 Å². The number of piperidine rings is 2. The van der Waals surface area contributed by atoms with Crippen LogP contribution in [-0.2, 0) is 4.74 Å². The van der Waals surface area contributed by atoms with Crippen LogP contribution in [0.4, 0.5) is 0 Å². The molecule has 2 heterocycles. The Balaban J connectivity index is 1.82. The molecule has 3 fully saturated rings. The summed E-state index contributed by atoms with van der Waals surface area (Å²) in [7, 11) is 0. The summed E-state index contributed by atoms with van der Waals surface area (Å²) in [6.07, 6.45) is 1.73. The maximum absolute atomic E-state index is 8.49. The fraction of sp³-hybridized carbons (Fsp3) is 0.900. The van der Waals surface area contributed by atoms with Gasteiger partial charge < -0.3 is 15.7 Å². The molecule has 2 aliphatic heterocycles. The summed E-state index contributed by atoms with van der Waals surface area (Å²) < 4.78 is 5.69. The molecule has 3 aliphatic rings. The van der Waals surface area contributed by atoms with Gasteiger partial charge in [0.1, 0.15) is 0 Å². The number of fused-ring (bicyclic) bond motifs is 2. The molecule has 1 aliphatic carbocycles. The molecule has 2 bridgehead atoms. The number of amidine groups is 1. The molecule has 0 aromatic rings. The van der Waals surface area contributed by atoms with Gasteiger partial charge in [0.25, 0.3) is 0 Å². The minimum atomic E-state index is 0.296. The van der Waals surface area contributed by atoms with Crippen LogP contribution in [0.1, 0.15) is 13.3 Å². The van der Waals surface area contributed by atoms with Gasteiger partial charge in [-0.1, -0.05) is 5.16 Å². The summed E-state index contributed by atoms with van der Waals surface area (Å²) in [5.41, 5.74) is 5.48. The van der Waals surface area contributed by atoms with Gasteiger partial charge in [0, 0.05) is 19.7 Å². The van der Waals surface area contributed by atoms with Crippen molar-refractivity contribution >= 4 is 5.84 Å². The average molecular weight is 213 g/mol. The largest absolute Gasteiger partial charge is 0.409 e. The zero-order valence-corrected chi connectivity index (χ0v) is 9.09. The van der Waals surface area contributed by atoms with Crippen molar-refractivity contribution in [1.82, 2.24) is 4.90 Å². The third-order valence-corrected chi connectivity index (χ3v) is 3.39. The minimum Gasteiger partial charge on any atom is -0.409 e. The lowest BCUT2D eigenvalue weighted by Gasteiger charge is -2.53. The molecule has 5 nitrogen and oxygen atoms in total. The van der Waals surface area contributed by atoms with Gasteiger partial charge in [-0.05, 0) is 25.2 Å². The van der Waals surface area contributed by atoms with E-state index in [2.05, 4.69) is 10.1 Å². The molecule has 3 N–H and O–H groups in total. The predicted octanol–water partition coefficient (Wildman–Crippen LogP) is 0.0896. The summed E-state index contributed by atoms with van der Waals surface area (Å²) in [5.74, 6) is 1.59. The Kier molecular flexibility index (Phi) is 3.11. The topological polar surface area (TPSA) is 71.1 Å². The van der Waals surface area contributed by atoms with E-state index in [9.17, 15) is 0 Å². The Hall–Kier alpha value is -0.810. The monoisotopic (exact) mass is 213 g/mol. The predicted molar refractivity (Wildman–Crippen MR) is 56.9 cm³/mol. The highest BCUT2D eigenvalue weighted by molar-refractivity contribution is 5.81. The van der Waals surface area contributed by atoms with Gasteiger partial charge in [-0.15, -0.1) is 0 Å². The number of ether oxygens (including phenoxy) is 1. The second-order valence-electron chi connectivity index (χ2n) is 4.46. The standard InChI is InChI=1S/C10H19N3O2/c1-2-15-10-7-3-8(10)5-13(4-7)6-9(11)12-14/h7-8,10,14H,2-6H2,1H3,(H2,11,12). The second kappa shape index (κ2) is 4.37. The molecule has 1 saturated carbocycles. The van der Waals surface area contributed by atoms with Crippen LogP contribution in [0, 0.1) is 11.8 Å². The highest BCUT2D eigenvalue weighted by atomic mass is 16.5. The van der Waals surface area contributed by atoms with Crippen molar-refractivity contribution in [2.45, 2.75) is 19.4 Å². The van der Waals surface area contributed by atoms with Crippen LogP contribution in [0.25, 0.3) is 0 Å². The Morgan fingerprint density at radius 3 is 2.73 bits per heavy atom. The average Bonchev–Trinajstić information content (AvgIpc) is 2.25. The van der Waals surface area contributed by atoms with Crippen LogP contribution in [0.5, 0.6) is 0 Å². The second-order valence-corrected chi connectivity index (χ2v) is 4.46. The molecule has 0 amide bonds. The van der Waals surface area contributed by atoms with E-state index < -0.39 is 0 Å². The van der Waals surface area contributed by atoms with Crippen LogP contribution in [-0.4, -0.2) is 48.3 Å². The SMILES string of the molecule is CCOC1C2CC1CN(C/C(N)=N/O)C2. The highest BCUT2D eigenvalue weighted by Gasteiger charge is 2.47. The molecule has 3 rings (SSSR count). The lowest BCUT2D eigenvalue weighted by atomic mass is 9.68. The van der Waals surface area contributed by atoms with Crippen molar-refractivity contribution in [3.63, 3.8) is 0 Å². The van der Waals surface area contributed by atoms with Gasteiger partial charge in [-0.3, -0.25) is 4.90 Å². The van der Waals surface area contributed by atoms with Gasteiger partial charge >= 0.3 is 0 Å². The highest BCUT2D eigenvalue weighted by Crippen LogP contribution is 2.41. The first-order valence-corrected chi connectivity index (χ1v) is 5.55. The maximum atomic E-state index is 8.49. The molecular weight excluding hydrogens is 194 g/mol. The van der Waals surface area contributed by atoms with E-state index in [0.717, 1.165) is 19.7 Å². The first-order chi connectivity index (χ1) is 7.24. The van der Waals surface area contributed by atoms with E-state index in [0.29, 0.717) is 30.3 Å². The van der Waals surface area contributed by atoms with E-state index in [1.165, 1.54) is 6.42 Å². The van der Waals surface area contributed by atoms with E-state index >= 15 is 0 Å². The summed E-state index contributed by atoms with van der Waals surface area (Å²) in [4.78, 5) is 2.24. The molecule has 0 aromatic heterocycles. The molecular formula is C10H19N3O2. The number of hydrogen-bond donors (Lipinski definition) is 2. The first kappa shape index (κ1) is 10.7. The first-order valence-electron chi connectivity index (χ1n) is 5.55. The Morgan fingerprint density at radius 1 is 1.53 bits per heavy atom. The molecule has 0 spiro atoms. The number of hydrogen-bond acceptors (Lipinski definition) is 4. The fourth-order valence-corrected chi connectivity index (χ4v) is 2.80. The smallest absolute Gasteiger partial charge is 0.153 e. The molecule has 2 unspecified atom stereocenters. The lowest BCUT2D eigenvalue weighted by molar-refractivity contribution is -0.137. The van der Waals surface area contributed by atoms with Crippen molar-refractivity contribution in [3.8, 4) is 0 Å². The minimum absolute atomic E-state index is 0.296. The van der Waals surface area contributed by atoms with Crippen LogP contribution < -0.4 is 5.73 Å². The zero-order chi connectivity index (χ0) is 10.8. The van der Waals surface area contributed by atoms with Crippen LogP contribution in [0.15, 0.2) is 5.16 Å². The number of rotatable bonds is 4. The number of oxime groups is 1. The molecule has 15 heavy (non-hydrogen) atoms. The molecule has 0 radical (unpaired) electrons. The third-order valence-electron chi connectivity index (χ3n) is 3.39. The van der Waals surface area contributed by atoms with Crippen molar-refractivity contribution < 1.29 is 9.94 Å². The molecule has 2 saturated heterocycles. The number of nitrogens with zero attached hydrogens (tertiary/aromatic N) is 2. The van der Waals surface area contributed by atoms with Crippen molar-refractivity contribution in [2.24, 2.45) is 22.7 Å². The van der Waals surface area contributed by atoms with E-state index in [1.54, 1.807) is 0 Å². The lowest BCUT2D eigenvalue weighted by Crippen LogP contribution is -2.60. The van der Waals surface area contributed by atoms with Crippen LogP contribution >= 0.6 is 0 Å². The molecule has 2 atom stereocenters. The Labute approximate surface area is 89.9 Å². The zero-order valence-electron chi connectivity index (χ0n) is 9.09. The van der Waals surface area contributed by atoms with E-state index in [4.69, 9.17) is 15.7 Å². The van der Waals surface area contributed by atoms with Crippen molar-refractivity contribution in [3.05, 3.63) is 0 Å². The van der Waals surface area contributed by atoms with Crippen LogP contribution in [0.2, 0.25) is 0 Å². The summed E-state index contributed by atoms with van der Waals surface area (Å²) in [5, 5.41) is 11.5. The van der Waals surface area contributed by atoms with Gasteiger partial charge in [0.05, 0.1) is 12.6 Å². The summed E-state index contributed by atoms with van der Waals surface area (Å²) in [6, 6.07) is 0. The Morgan fingerprint density at radius 2 is 2.20 bits per heavy atom. The van der Waals surface area contributed by atoms with Gasteiger partial charge in [-0.2, -0.15) is 0 Å². The summed E-state index contributed by atoms with van der Waals surface area (Å²) >= 11 is 0. The van der Waals surface area contributed by atoms with Crippen molar-refractivity contribution in [2.75, 3.05) is 26.2 Å². The van der Waals surface area contributed by atoms with E-state index in [1.807, 2.05) is 6.92 Å². The van der Waals surface area contributed by atoms with Gasteiger partial charge in [0.2, 0.25) is 0 Å².